The van der Waals surface area contributed by atoms with Gasteiger partial charge in [0.2, 0.25) is 0 Å². The minimum absolute atomic E-state index is 0.0383. The molecule has 4 rings (SSSR count). The van der Waals surface area contributed by atoms with Crippen LogP contribution in [0.25, 0.3) is 0 Å². The molecule has 2 saturated carbocycles. The summed E-state index contributed by atoms with van der Waals surface area (Å²) in [7, 11) is 0. The van der Waals surface area contributed by atoms with Crippen molar-refractivity contribution in [2.45, 2.75) is 82.9 Å². The van der Waals surface area contributed by atoms with Gasteiger partial charge in [0.15, 0.2) is 5.78 Å². The van der Waals surface area contributed by atoms with Crippen LogP contribution in [0.5, 0.6) is 0 Å². The van der Waals surface area contributed by atoms with Crippen LogP contribution in [0.3, 0.4) is 0 Å². The van der Waals surface area contributed by atoms with E-state index in [1.165, 1.54) is 0 Å². The second-order valence-electron chi connectivity index (χ2n) is 9.68. The first-order chi connectivity index (χ1) is 11.9. The Kier molecular flexibility index (Phi) is 3.69. The molecule has 1 saturated heterocycles. The molecule has 0 aromatic rings. The molecule has 4 aliphatic rings. The lowest BCUT2D eigenvalue weighted by Gasteiger charge is -2.65. The number of Topliss-reactive ketones (excluding diaryl/α,β-unsaturated/α-hetero) is 1. The van der Waals surface area contributed by atoms with E-state index in [1.807, 2.05) is 6.92 Å². The molecule has 0 unspecified atom stereocenters. The summed E-state index contributed by atoms with van der Waals surface area (Å²) >= 11 is 0. The van der Waals surface area contributed by atoms with Crippen molar-refractivity contribution in [3.05, 3.63) is 11.1 Å². The summed E-state index contributed by atoms with van der Waals surface area (Å²) in [6.45, 7) is 7.18. The molecule has 4 N–H and O–H groups in total. The molecule has 1 aliphatic heterocycles. The summed E-state index contributed by atoms with van der Waals surface area (Å²) in [5, 5.41) is 45.4. The monoisotopic (exact) mass is 366 g/mol. The highest BCUT2D eigenvalue weighted by molar-refractivity contribution is 5.92. The molecule has 0 aromatic heterocycles. The fourth-order valence-electron chi connectivity index (χ4n) is 6.44. The topological polar surface area (TPSA) is 107 Å². The van der Waals surface area contributed by atoms with Crippen molar-refractivity contribution in [3.63, 3.8) is 0 Å². The molecule has 7 atom stereocenters. The minimum Gasteiger partial charge on any atom is -0.390 e. The Bertz CT molecular complexity index is 698. The average Bonchev–Trinajstić information content (AvgIpc) is 2.54. The van der Waals surface area contributed by atoms with E-state index in [2.05, 4.69) is 0 Å². The molecule has 0 spiro atoms. The van der Waals surface area contributed by atoms with Crippen molar-refractivity contribution in [1.82, 2.24) is 0 Å². The number of aliphatic hydroxyl groups is 4. The summed E-state index contributed by atoms with van der Waals surface area (Å²) in [5.74, 6) is -1.25. The standard InChI is InChI=1S/C20H30O6/c1-10-5-8-20(25)16(23)14-18(4,7-6-11-19(14,24)9-26-11)15(22)13(21)12(10)17(20,2)3/h11,13-14,16,21,23-25H,5-9H2,1-4H3/t11-,13-,14+,16+,18-,19+,20-/m1/s1. The van der Waals surface area contributed by atoms with Crippen LogP contribution in [0.1, 0.15) is 53.4 Å². The Balaban J connectivity index is 1.96. The molecule has 0 radical (unpaired) electrons. The largest absolute Gasteiger partial charge is 0.390 e. The van der Waals surface area contributed by atoms with Crippen LogP contribution in [0.2, 0.25) is 0 Å². The SMILES string of the molecule is CC1=C2[C@@H](O)C(=O)[C@]3(C)CC[C@H]4OC[C@@]4(O)[C@H]3[C@H](O)[C@](O)(CC1)C2(C)C. The highest BCUT2D eigenvalue weighted by Gasteiger charge is 2.72. The molecule has 3 fully saturated rings. The predicted octanol–water partition coefficient (Wildman–Crippen LogP) is 0.705. The van der Waals surface area contributed by atoms with Gasteiger partial charge in [0.05, 0.1) is 18.8 Å². The van der Waals surface area contributed by atoms with Gasteiger partial charge in [-0.05, 0) is 38.2 Å². The summed E-state index contributed by atoms with van der Waals surface area (Å²) in [6.07, 6.45) is -1.35. The number of ketones is 1. The van der Waals surface area contributed by atoms with Gasteiger partial charge in [-0.25, -0.2) is 0 Å². The number of carbonyl (C=O) groups is 1. The van der Waals surface area contributed by atoms with Gasteiger partial charge in [0.1, 0.15) is 17.3 Å². The van der Waals surface area contributed by atoms with E-state index in [0.29, 0.717) is 31.3 Å². The number of fused-ring (bicyclic) bond motifs is 5. The molecular weight excluding hydrogens is 336 g/mol. The maximum atomic E-state index is 13.4. The Morgan fingerprint density at radius 3 is 2.35 bits per heavy atom. The third-order valence-electron chi connectivity index (χ3n) is 8.21. The van der Waals surface area contributed by atoms with E-state index in [0.717, 1.165) is 5.57 Å². The highest BCUT2D eigenvalue weighted by Crippen LogP contribution is 2.61. The molecule has 1 heterocycles. The fourth-order valence-corrected chi connectivity index (χ4v) is 6.44. The lowest BCUT2D eigenvalue weighted by molar-refractivity contribution is -0.328. The van der Waals surface area contributed by atoms with E-state index in [9.17, 15) is 25.2 Å². The number of aliphatic hydroxyl groups excluding tert-OH is 2. The van der Waals surface area contributed by atoms with E-state index in [4.69, 9.17) is 4.74 Å². The van der Waals surface area contributed by atoms with Gasteiger partial charge < -0.3 is 25.2 Å². The van der Waals surface area contributed by atoms with Crippen LogP contribution in [-0.2, 0) is 9.53 Å². The number of carbonyl (C=O) groups excluding carboxylic acids is 1. The van der Waals surface area contributed by atoms with Gasteiger partial charge in [-0.15, -0.1) is 0 Å². The smallest absolute Gasteiger partial charge is 0.171 e. The van der Waals surface area contributed by atoms with E-state index in [1.54, 1.807) is 20.8 Å². The van der Waals surface area contributed by atoms with Gasteiger partial charge in [-0.2, -0.15) is 0 Å². The summed E-state index contributed by atoms with van der Waals surface area (Å²) < 4.78 is 5.49. The van der Waals surface area contributed by atoms with Crippen LogP contribution >= 0.6 is 0 Å². The second-order valence-corrected chi connectivity index (χ2v) is 9.68. The van der Waals surface area contributed by atoms with Crippen molar-refractivity contribution in [1.29, 1.82) is 0 Å². The average molecular weight is 366 g/mol. The second kappa shape index (κ2) is 5.17. The Morgan fingerprint density at radius 2 is 1.77 bits per heavy atom. The van der Waals surface area contributed by atoms with Gasteiger partial charge in [0.25, 0.3) is 0 Å². The summed E-state index contributed by atoms with van der Waals surface area (Å²) in [4.78, 5) is 13.4. The number of allylic oxidation sites excluding steroid dienone is 1. The first-order valence-electron chi connectivity index (χ1n) is 9.58. The number of hydrogen-bond donors (Lipinski definition) is 4. The molecule has 26 heavy (non-hydrogen) atoms. The lowest BCUT2D eigenvalue weighted by atomic mass is 9.46. The molecule has 146 valence electrons. The molecule has 0 aromatic carbocycles. The zero-order valence-electron chi connectivity index (χ0n) is 16.0. The Hall–Kier alpha value is -0.790. The van der Waals surface area contributed by atoms with Gasteiger partial charge in [-0.1, -0.05) is 26.3 Å². The molecule has 0 amide bonds. The van der Waals surface area contributed by atoms with Gasteiger partial charge >= 0.3 is 0 Å². The minimum atomic E-state index is -1.54. The first-order valence-corrected chi connectivity index (χ1v) is 9.58. The van der Waals surface area contributed by atoms with Crippen LogP contribution in [0.15, 0.2) is 11.1 Å². The van der Waals surface area contributed by atoms with Crippen molar-refractivity contribution in [3.8, 4) is 0 Å². The third kappa shape index (κ3) is 1.87. The lowest BCUT2D eigenvalue weighted by Crippen LogP contribution is -2.77. The molecule has 3 aliphatic carbocycles. The Labute approximate surface area is 153 Å². The molecule has 6 heteroatoms. The fraction of sp³-hybridized carbons (Fsp3) is 0.850. The maximum Gasteiger partial charge on any atom is 0.171 e. The summed E-state index contributed by atoms with van der Waals surface area (Å²) in [6, 6.07) is 0. The number of hydrogen-bond acceptors (Lipinski definition) is 6. The van der Waals surface area contributed by atoms with Crippen molar-refractivity contribution in [2.75, 3.05) is 6.61 Å². The number of ether oxygens (including phenoxy) is 1. The van der Waals surface area contributed by atoms with Crippen molar-refractivity contribution < 1.29 is 30.0 Å². The van der Waals surface area contributed by atoms with Crippen LogP contribution in [0, 0.1) is 16.7 Å². The highest BCUT2D eigenvalue weighted by atomic mass is 16.6. The maximum absolute atomic E-state index is 13.4. The van der Waals surface area contributed by atoms with Crippen molar-refractivity contribution >= 4 is 5.78 Å². The third-order valence-corrected chi connectivity index (χ3v) is 8.21. The van der Waals surface area contributed by atoms with E-state index in [-0.39, 0.29) is 12.4 Å². The molecular formula is C20H30O6. The predicted molar refractivity (Wildman–Crippen MR) is 93.2 cm³/mol. The zero-order valence-corrected chi connectivity index (χ0v) is 16.0. The Morgan fingerprint density at radius 1 is 1.12 bits per heavy atom. The quantitative estimate of drug-likeness (QED) is 0.470. The summed E-state index contributed by atoms with van der Waals surface area (Å²) in [5.41, 5.74) is -3.59. The van der Waals surface area contributed by atoms with Crippen LogP contribution in [-0.4, -0.2) is 62.3 Å². The molecule has 2 bridgehead atoms. The van der Waals surface area contributed by atoms with Crippen molar-refractivity contribution in [2.24, 2.45) is 16.7 Å². The van der Waals surface area contributed by atoms with E-state index >= 15 is 0 Å². The van der Waals surface area contributed by atoms with Gasteiger partial charge in [0, 0.05) is 16.7 Å². The van der Waals surface area contributed by atoms with Gasteiger partial charge in [-0.3, -0.25) is 4.79 Å². The van der Waals surface area contributed by atoms with E-state index < -0.39 is 46.3 Å². The van der Waals surface area contributed by atoms with Crippen LogP contribution in [0.4, 0.5) is 0 Å². The normalized spacial score (nSPS) is 53.2. The number of rotatable bonds is 0. The van der Waals surface area contributed by atoms with Crippen LogP contribution < -0.4 is 0 Å². The zero-order chi connectivity index (χ0) is 19.3. The molecule has 6 nitrogen and oxygen atoms in total. The first kappa shape index (κ1) is 18.6.